The Kier molecular flexibility index (Phi) is 4.10. The van der Waals surface area contributed by atoms with E-state index in [1.165, 1.54) is 23.4 Å². The molecule has 5 rings (SSSR count). The van der Waals surface area contributed by atoms with E-state index in [0.717, 1.165) is 24.6 Å². The third kappa shape index (κ3) is 2.78. The van der Waals surface area contributed by atoms with Gasteiger partial charge in [-0.15, -0.1) is 0 Å². The molecular weight excluding hydrogens is 370 g/mol. The van der Waals surface area contributed by atoms with E-state index in [4.69, 9.17) is 16.6 Å². The molecule has 2 aromatic heterocycles. The fraction of sp³-hybridized carbons (Fsp3) is 0.500. The van der Waals surface area contributed by atoms with E-state index >= 15 is 0 Å². The van der Waals surface area contributed by atoms with Crippen LogP contribution in [0.4, 0.5) is 5.13 Å². The number of amides is 1. The molecule has 3 aliphatic rings. The van der Waals surface area contributed by atoms with Crippen LogP contribution in [0, 0.1) is 0 Å². The molecule has 0 aromatic carbocycles. The van der Waals surface area contributed by atoms with Crippen LogP contribution in [0.2, 0.25) is 5.15 Å². The van der Waals surface area contributed by atoms with Gasteiger partial charge in [-0.05, 0) is 25.0 Å². The van der Waals surface area contributed by atoms with Gasteiger partial charge in [-0.25, -0.2) is 9.97 Å². The zero-order valence-corrected chi connectivity index (χ0v) is 15.9. The van der Waals surface area contributed by atoms with Crippen molar-refractivity contribution in [3.63, 3.8) is 0 Å². The zero-order chi connectivity index (χ0) is 17.7. The smallest absolute Gasteiger partial charge is 0.255 e. The number of carbonyl (C=O) groups excluding carboxylic acids is 1. The molecule has 0 radical (unpaired) electrons. The first-order valence-electron chi connectivity index (χ1n) is 9.07. The molecular formula is C18H20ClN5OS. The van der Waals surface area contributed by atoms with Crippen LogP contribution in [-0.2, 0) is 13.0 Å². The average Bonchev–Trinajstić information content (AvgIpc) is 3.18. The van der Waals surface area contributed by atoms with Crippen molar-refractivity contribution in [1.82, 2.24) is 20.2 Å². The van der Waals surface area contributed by atoms with E-state index < -0.39 is 0 Å². The second-order valence-corrected chi connectivity index (χ2v) is 8.61. The predicted molar refractivity (Wildman–Crippen MR) is 102 cm³/mol. The third-order valence-corrected chi connectivity index (χ3v) is 6.90. The molecule has 0 spiro atoms. The highest BCUT2D eigenvalue weighted by molar-refractivity contribution is 7.15. The summed E-state index contributed by atoms with van der Waals surface area (Å²) in [6.45, 7) is 3.44. The lowest BCUT2D eigenvalue weighted by Gasteiger charge is -2.35. The van der Waals surface area contributed by atoms with Crippen LogP contribution in [-0.4, -0.2) is 52.5 Å². The zero-order valence-electron chi connectivity index (χ0n) is 14.3. The van der Waals surface area contributed by atoms with E-state index in [1.54, 1.807) is 29.7 Å². The van der Waals surface area contributed by atoms with Crippen molar-refractivity contribution in [3.05, 3.63) is 39.6 Å². The number of nitrogens with one attached hydrogen (secondary N) is 1. The number of nitrogens with zero attached hydrogens (tertiary/aromatic N) is 4. The molecule has 0 aliphatic carbocycles. The molecule has 2 bridgehead atoms. The van der Waals surface area contributed by atoms with E-state index in [2.05, 4.69) is 15.2 Å². The summed E-state index contributed by atoms with van der Waals surface area (Å²) in [5.41, 5.74) is 1.75. The molecule has 26 heavy (non-hydrogen) atoms. The lowest BCUT2D eigenvalue weighted by Crippen LogP contribution is -2.51. The number of piperazine rings is 1. The first-order chi connectivity index (χ1) is 12.7. The summed E-state index contributed by atoms with van der Waals surface area (Å²) in [6.07, 6.45) is 4.86. The van der Waals surface area contributed by atoms with Crippen molar-refractivity contribution in [2.75, 3.05) is 24.5 Å². The largest absolute Gasteiger partial charge is 0.340 e. The van der Waals surface area contributed by atoms with Gasteiger partial charge in [0.1, 0.15) is 5.15 Å². The maximum Gasteiger partial charge on any atom is 0.255 e. The average molecular weight is 390 g/mol. The molecule has 2 aromatic rings. The van der Waals surface area contributed by atoms with E-state index in [1.807, 2.05) is 4.90 Å². The number of aromatic nitrogens is 2. The van der Waals surface area contributed by atoms with Gasteiger partial charge in [0.05, 0.1) is 17.8 Å². The van der Waals surface area contributed by atoms with Gasteiger partial charge in [0.25, 0.3) is 5.91 Å². The van der Waals surface area contributed by atoms with E-state index in [-0.39, 0.29) is 5.91 Å². The number of hydrogen-bond donors (Lipinski definition) is 1. The van der Waals surface area contributed by atoms with Crippen LogP contribution < -0.4 is 10.2 Å². The van der Waals surface area contributed by atoms with Gasteiger partial charge in [0, 0.05) is 49.2 Å². The van der Waals surface area contributed by atoms with Gasteiger partial charge in [-0.2, -0.15) is 0 Å². The lowest BCUT2D eigenvalue weighted by molar-refractivity contribution is 0.0736. The lowest BCUT2D eigenvalue weighted by atomic mass is 10.1. The fourth-order valence-corrected chi connectivity index (χ4v) is 5.62. The van der Waals surface area contributed by atoms with Crippen LogP contribution in [0.5, 0.6) is 0 Å². The number of rotatable bonds is 2. The van der Waals surface area contributed by atoms with Crippen LogP contribution in [0.25, 0.3) is 0 Å². The SMILES string of the molecule is O=C(c1ccc(Cl)nc1)N1CCc2nc(N3C4CCC3CNC4)sc2C1. The van der Waals surface area contributed by atoms with Gasteiger partial charge in [0.2, 0.25) is 0 Å². The highest BCUT2D eigenvalue weighted by Gasteiger charge is 2.39. The van der Waals surface area contributed by atoms with Crippen molar-refractivity contribution in [1.29, 1.82) is 0 Å². The van der Waals surface area contributed by atoms with Crippen molar-refractivity contribution < 1.29 is 4.79 Å². The Bertz CT molecular complexity index is 823. The van der Waals surface area contributed by atoms with Crippen molar-refractivity contribution >= 4 is 34.0 Å². The van der Waals surface area contributed by atoms with Crippen LogP contribution in [0.3, 0.4) is 0 Å². The molecule has 1 amide bonds. The minimum absolute atomic E-state index is 0.0111. The number of pyridine rings is 1. The second-order valence-electron chi connectivity index (χ2n) is 7.16. The summed E-state index contributed by atoms with van der Waals surface area (Å²) in [5, 5.41) is 5.07. The summed E-state index contributed by atoms with van der Waals surface area (Å²) >= 11 is 7.59. The van der Waals surface area contributed by atoms with E-state index in [0.29, 0.717) is 35.9 Å². The summed E-state index contributed by atoms with van der Waals surface area (Å²) < 4.78 is 0. The molecule has 3 aliphatic heterocycles. The molecule has 0 saturated carbocycles. The van der Waals surface area contributed by atoms with Gasteiger partial charge >= 0.3 is 0 Å². The highest BCUT2D eigenvalue weighted by Crippen LogP contribution is 2.38. The van der Waals surface area contributed by atoms with Crippen LogP contribution in [0.1, 0.15) is 33.8 Å². The maximum absolute atomic E-state index is 12.8. The normalized spacial score (nSPS) is 24.7. The molecule has 5 heterocycles. The molecule has 136 valence electrons. The number of anilines is 1. The molecule has 1 N–H and O–H groups in total. The summed E-state index contributed by atoms with van der Waals surface area (Å²) in [7, 11) is 0. The number of fused-ring (bicyclic) bond motifs is 3. The summed E-state index contributed by atoms with van der Waals surface area (Å²) in [6, 6.07) is 4.54. The number of thiazole rings is 1. The van der Waals surface area contributed by atoms with Crippen LogP contribution >= 0.6 is 22.9 Å². The van der Waals surface area contributed by atoms with Crippen molar-refractivity contribution in [2.45, 2.75) is 37.9 Å². The standard InChI is InChI=1S/C18H20ClN5OS/c19-16-4-1-11(7-21-16)17(25)23-6-5-14-15(10-23)26-18(22-14)24-12-2-3-13(24)9-20-8-12/h1,4,7,12-13,20H,2-3,5-6,8-10H2. The van der Waals surface area contributed by atoms with Crippen LogP contribution in [0.15, 0.2) is 18.3 Å². The van der Waals surface area contributed by atoms with Gasteiger partial charge in [-0.3, -0.25) is 4.79 Å². The van der Waals surface area contributed by atoms with Crippen molar-refractivity contribution in [2.24, 2.45) is 0 Å². The Balaban J connectivity index is 1.36. The summed E-state index contributed by atoms with van der Waals surface area (Å²) in [4.78, 5) is 27.4. The molecule has 2 unspecified atom stereocenters. The number of hydrogen-bond acceptors (Lipinski definition) is 6. The fourth-order valence-electron chi connectivity index (χ4n) is 4.24. The third-order valence-electron chi connectivity index (χ3n) is 5.58. The topological polar surface area (TPSA) is 61.4 Å². The molecule has 2 fully saturated rings. The quantitative estimate of drug-likeness (QED) is 0.799. The first kappa shape index (κ1) is 16.5. The molecule has 8 heteroatoms. The monoisotopic (exact) mass is 389 g/mol. The molecule has 2 atom stereocenters. The van der Waals surface area contributed by atoms with Gasteiger partial charge in [-0.1, -0.05) is 22.9 Å². The number of halogens is 1. The second kappa shape index (κ2) is 6.48. The first-order valence-corrected chi connectivity index (χ1v) is 10.3. The number of carbonyl (C=O) groups is 1. The Morgan fingerprint density at radius 1 is 1.27 bits per heavy atom. The Hall–Kier alpha value is -1.70. The molecule has 2 saturated heterocycles. The minimum atomic E-state index is 0.0111. The van der Waals surface area contributed by atoms with Gasteiger partial charge < -0.3 is 15.1 Å². The van der Waals surface area contributed by atoms with Crippen molar-refractivity contribution in [3.8, 4) is 0 Å². The minimum Gasteiger partial charge on any atom is -0.340 e. The molecule has 6 nitrogen and oxygen atoms in total. The Morgan fingerprint density at radius 2 is 2.08 bits per heavy atom. The maximum atomic E-state index is 12.8. The Labute approximate surface area is 161 Å². The Morgan fingerprint density at radius 3 is 2.81 bits per heavy atom. The summed E-state index contributed by atoms with van der Waals surface area (Å²) in [5.74, 6) is 0.0111. The van der Waals surface area contributed by atoms with Gasteiger partial charge in [0.15, 0.2) is 5.13 Å². The predicted octanol–water partition coefficient (Wildman–Crippen LogP) is 2.33. The van der Waals surface area contributed by atoms with E-state index in [9.17, 15) is 4.79 Å². The highest BCUT2D eigenvalue weighted by atomic mass is 35.5.